The summed E-state index contributed by atoms with van der Waals surface area (Å²) in [5.74, 6) is 0.190. The summed E-state index contributed by atoms with van der Waals surface area (Å²) in [6.07, 6.45) is 1.79. The van der Waals surface area contributed by atoms with Crippen LogP contribution in [0, 0.1) is 5.82 Å². The van der Waals surface area contributed by atoms with E-state index in [1.807, 2.05) is 35.7 Å². The maximum Gasteiger partial charge on any atom is 0.266 e. The third-order valence-corrected chi connectivity index (χ3v) is 5.44. The lowest BCUT2D eigenvalue weighted by Crippen LogP contribution is -2.46. The molecule has 1 saturated heterocycles. The molecule has 1 fully saturated rings. The highest BCUT2D eigenvalue weighted by molar-refractivity contribution is 7.12. The van der Waals surface area contributed by atoms with Gasteiger partial charge < -0.3 is 15.1 Å². The Hall–Kier alpha value is -2.93. The number of benzene rings is 1. The average molecular weight is 382 g/mol. The predicted molar refractivity (Wildman–Crippen MR) is 107 cm³/mol. The lowest BCUT2D eigenvalue weighted by atomic mass is 10.2. The van der Waals surface area contributed by atoms with Gasteiger partial charge in [-0.3, -0.25) is 4.79 Å². The molecule has 1 N–H and O–H groups in total. The molecule has 7 heteroatoms. The number of hydrogen-bond donors (Lipinski definition) is 1. The van der Waals surface area contributed by atoms with Gasteiger partial charge in [0.25, 0.3) is 5.91 Å². The van der Waals surface area contributed by atoms with E-state index in [1.165, 1.54) is 23.5 Å². The van der Waals surface area contributed by atoms with E-state index in [2.05, 4.69) is 20.1 Å². The zero-order valence-electron chi connectivity index (χ0n) is 14.6. The van der Waals surface area contributed by atoms with Crippen LogP contribution in [-0.4, -0.2) is 37.1 Å². The fraction of sp³-hybridized carbons (Fsp3) is 0.200. The zero-order valence-corrected chi connectivity index (χ0v) is 15.5. The van der Waals surface area contributed by atoms with Crippen molar-refractivity contribution in [3.05, 3.63) is 70.8 Å². The summed E-state index contributed by atoms with van der Waals surface area (Å²) in [5.41, 5.74) is 2.07. The molecule has 138 valence electrons. The van der Waals surface area contributed by atoms with E-state index in [0.29, 0.717) is 10.7 Å². The Morgan fingerprint density at radius 3 is 2.22 bits per heavy atom. The molecule has 0 atom stereocenters. The molecule has 5 nitrogen and oxygen atoms in total. The van der Waals surface area contributed by atoms with Gasteiger partial charge in [-0.15, -0.1) is 11.3 Å². The monoisotopic (exact) mass is 382 g/mol. The van der Waals surface area contributed by atoms with Gasteiger partial charge in [-0.2, -0.15) is 0 Å². The van der Waals surface area contributed by atoms with Crippen molar-refractivity contribution >= 4 is 34.4 Å². The number of nitrogens with zero attached hydrogens (tertiary/aromatic N) is 3. The summed E-state index contributed by atoms with van der Waals surface area (Å²) in [6, 6.07) is 14.1. The van der Waals surface area contributed by atoms with Gasteiger partial charge in [-0.1, -0.05) is 6.07 Å². The van der Waals surface area contributed by atoms with Gasteiger partial charge in [0.15, 0.2) is 0 Å². The highest BCUT2D eigenvalue weighted by Crippen LogP contribution is 2.21. The van der Waals surface area contributed by atoms with E-state index < -0.39 is 0 Å². The second kappa shape index (κ2) is 7.75. The molecule has 1 aliphatic rings. The van der Waals surface area contributed by atoms with Crippen LogP contribution in [0.1, 0.15) is 9.67 Å². The first-order valence-corrected chi connectivity index (χ1v) is 9.63. The number of anilines is 3. The molecule has 3 heterocycles. The Kier molecular flexibility index (Phi) is 5.02. The van der Waals surface area contributed by atoms with Crippen LogP contribution in [0.4, 0.5) is 21.6 Å². The van der Waals surface area contributed by atoms with Gasteiger partial charge in [0.1, 0.15) is 11.6 Å². The van der Waals surface area contributed by atoms with Gasteiger partial charge in [0.2, 0.25) is 0 Å². The van der Waals surface area contributed by atoms with Gasteiger partial charge >= 0.3 is 0 Å². The molecule has 0 aliphatic carbocycles. The molecule has 0 saturated carbocycles. The first-order valence-electron chi connectivity index (χ1n) is 8.75. The highest BCUT2D eigenvalue weighted by Gasteiger charge is 2.18. The molecule has 4 rings (SSSR count). The molecule has 0 spiro atoms. The summed E-state index contributed by atoms with van der Waals surface area (Å²) in [7, 11) is 0. The van der Waals surface area contributed by atoms with Crippen molar-refractivity contribution in [2.45, 2.75) is 0 Å². The quantitative estimate of drug-likeness (QED) is 0.744. The van der Waals surface area contributed by atoms with Crippen molar-refractivity contribution in [1.29, 1.82) is 0 Å². The average Bonchev–Trinajstić information content (AvgIpc) is 3.24. The summed E-state index contributed by atoms with van der Waals surface area (Å²) < 4.78 is 13.1. The Bertz CT molecular complexity index is 889. The Balaban J connectivity index is 1.34. The first kappa shape index (κ1) is 17.5. The van der Waals surface area contributed by atoms with Crippen molar-refractivity contribution in [1.82, 2.24) is 4.98 Å². The topological polar surface area (TPSA) is 48.5 Å². The summed E-state index contributed by atoms with van der Waals surface area (Å²) in [6.45, 7) is 3.45. The number of nitrogens with one attached hydrogen (secondary N) is 1. The van der Waals surface area contributed by atoms with Crippen molar-refractivity contribution in [3.63, 3.8) is 0 Å². The van der Waals surface area contributed by atoms with E-state index in [-0.39, 0.29) is 11.7 Å². The Morgan fingerprint density at radius 1 is 0.963 bits per heavy atom. The van der Waals surface area contributed by atoms with Crippen LogP contribution in [-0.2, 0) is 0 Å². The predicted octanol–water partition coefficient (Wildman–Crippen LogP) is 3.86. The number of rotatable bonds is 4. The second-order valence-corrected chi connectivity index (χ2v) is 7.23. The molecule has 3 aromatic rings. The molecule has 0 bridgehead atoms. The van der Waals surface area contributed by atoms with Crippen LogP contribution in [0.25, 0.3) is 0 Å². The number of carbonyl (C=O) groups is 1. The third kappa shape index (κ3) is 4.09. The fourth-order valence-electron chi connectivity index (χ4n) is 3.11. The Morgan fingerprint density at radius 2 is 1.63 bits per heavy atom. The minimum absolute atomic E-state index is 0.141. The smallest absolute Gasteiger partial charge is 0.266 e. The molecule has 1 aliphatic heterocycles. The van der Waals surface area contributed by atoms with Gasteiger partial charge in [-0.05, 0) is 47.8 Å². The van der Waals surface area contributed by atoms with E-state index in [9.17, 15) is 9.18 Å². The number of aromatic nitrogens is 1. The number of hydrogen-bond acceptors (Lipinski definition) is 5. The van der Waals surface area contributed by atoms with Gasteiger partial charge in [-0.25, -0.2) is 9.37 Å². The third-order valence-electron chi connectivity index (χ3n) is 4.57. The summed E-state index contributed by atoms with van der Waals surface area (Å²) in [4.78, 5) is 21.6. The van der Waals surface area contributed by atoms with Crippen LogP contribution >= 0.6 is 11.3 Å². The summed E-state index contributed by atoms with van der Waals surface area (Å²) in [5, 5.41) is 4.68. The molecule has 1 amide bonds. The number of pyridine rings is 1. The zero-order chi connectivity index (χ0) is 18.6. The standard InChI is InChI=1S/C20H19FN4OS/c21-15-3-5-16(6-4-15)24-9-11-25(12-10-24)17-7-8-19(22-14-17)23-20(26)18-2-1-13-27-18/h1-8,13-14H,9-12H2,(H,22,23,26). The van der Waals surface area contributed by atoms with Crippen molar-refractivity contribution in [2.24, 2.45) is 0 Å². The first-order chi connectivity index (χ1) is 13.2. The normalized spacial score (nSPS) is 14.3. The van der Waals surface area contributed by atoms with Crippen LogP contribution < -0.4 is 15.1 Å². The lowest BCUT2D eigenvalue weighted by molar-refractivity contribution is 0.103. The number of amides is 1. The SMILES string of the molecule is O=C(Nc1ccc(N2CCN(c3ccc(F)cc3)CC2)cn1)c1cccs1. The molecule has 0 unspecified atom stereocenters. The van der Waals surface area contributed by atoms with Crippen LogP contribution in [0.15, 0.2) is 60.1 Å². The largest absolute Gasteiger partial charge is 0.368 e. The van der Waals surface area contributed by atoms with Crippen molar-refractivity contribution < 1.29 is 9.18 Å². The second-order valence-electron chi connectivity index (χ2n) is 6.28. The molecular formula is C20H19FN4OS. The number of thiophene rings is 1. The Labute approximate surface area is 161 Å². The minimum atomic E-state index is -0.213. The number of piperazine rings is 1. The van der Waals surface area contributed by atoms with E-state index in [0.717, 1.165) is 37.6 Å². The molecule has 27 heavy (non-hydrogen) atoms. The maximum atomic E-state index is 13.1. The van der Waals surface area contributed by atoms with E-state index in [4.69, 9.17) is 0 Å². The van der Waals surface area contributed by atoms with Gasteiger partial charge in [0.05, 0.1) is 16.8 Å². The number of carbonyl (C=O) groups excluding carboxylic acids is 1. The highest BCUT2D eigenvalue weighted by atomic mass is 32.1. The van der Waals surface area contributed by atoms with Crippen LogP contribution in [0.5, 0.6) is 0 Å². The van der Waals surface area contributed by atoms with Gasteiger partial charge in [0, 0.05) is 31.9 Å². The van der Waals surface area contributed by atoms with E-state index >= 15 is 0 Å². The molecule has 2 aromatic heterocycles. The minimum Gasteiger partial charge on any atom is -0.368 e. The van der Waals surface area contributed by atoms with Crippen LogP contribution in [0.2, 0.25) is 0 Å². The molecular weight excluding hydrogens is 363 g/mol. The summed E-state index contributed by atoms with van der Waals surface area (Å²) >= 11 is 1.40. The van der Waals surface area contributed by atoms with Crippen LogP contribution in [0.3, 0.4) is 0 Å². The van der Waals surface area contributed by atoms with Crippen molar-refractivity contribution in [2.75, 3.05) is 41.3 Å². The lowest BCUT2D eigenvalue weighted by Gasteiger charge is -2.37. The van der Waals surface area contributed by atoms with Crippen molar-refractivity contribution in [3.8, 4) is 0 Å². The molecule has 1 aromatic carbocycles. The molecule has 0 radical (unpaired) electrons. The van der Waals surface area contributed by atoms with E-state index in [1.54, 1.807) is 12.3 Å². The maximum absolute atomic E-state index is 13.1. The fourth-order valence-corrected chi connectivity index (χ4v) is 3.73. The number of halogens is 1.